The highest BCUT2D eigenvalue weighted by Crippen LogP contribution is 2.23. The Labute approximate surface area is 156 Å². The van der Waals surface area contributed by atoms with Gasteiger partial charge in [0, 0.05) is 30.7 Å². The quantitative estimate of drug-likeness (QED) is 0.754. The van der Waals surface area contributed by atoms with Gasteiger partial charge >= 0.3 is 0 Å². The van der Waals surface area contributed by atoms with Crippen molar-refractivity contribution < 1.29 is 4.79 Å². The van der Waals surface area contributed by atoms with Gasteiger partial charge in [-0.15, -0.1) is 0 Å². The van der Waals surface area contributed by atoms with E-state index in [1.54, 1.807) is 11.1 Å². The molecule has 4 heteroatoms. The first-order valence-corrected chi connectivity index (χ1v) is 9.77. The van der Waals surface area contributed by atoms with Gasteiger partial charge in [0.05, 0.1) is 11.3 Å². The average molecular weight is 351 g/mol. The molecule has 0 spiro atoms. The Hall–Kier alpha value is -2.36. The number of aromatic nitrogens is 1. The third-order valence-electron chi connectivity index (χ3n) is 5.09. The zero-order valence-corrected chi connectivity index (χ0v) is 15.9. The molecule has 4 nitrogen and oxygen atoms in total. The zero-order valence-electron chi connectivity index (χ0n) is 15.9. The Kier molecular flexibility index (Phi) is 6.26. The van der Waals surface area contributed by atoms with E-state index in [0.29, 0.717) is 18.2 Å². The molecule has 1 aliphatic rings. The van der Waals surface area contributed by atoms with E-state index in [1.165, 1.54) is 38.5 Å². The number of benzene rings is 1. The molecule has 1 heterocycles. The van der Waals surface area contributed by atoms with Gasteiger partial charge in [0.25, 0.3) is 5.91 Å². The first-order valence-electron chi connectivity index (χ1n) is 9.77. The predicted octanol–water partition coefficient (Wildman–Crippen LogP) is 5.19. The van der Waals surface area contributed by atoms with Crippen molar-refractivity contribution in [1.82, 2.24) is 4.98 Å². The van der Waals surface area contributed by atoms with E-state index in [4.69, 9.17) is 0 Å². The second kappa shape index (κ2) is 8.84. The minimum Gasteiger partial charge on any atom is -0.381 e. The van der Waals surface area contributed by atoms with E-state index in [9.17, 15) is 4.79 Å². The number of nitrogens with one attached hydrogen (secondary N) is 1. The molecule has 0 atom stereocenters. The Morgan fingerprint density at radius 2 is 1.92 bits per heavy atom. The third-order valence-corrected chi connectivity index (χ3v) is 5.09. The first kappa shape index (κ1) is 18.4. The van der Waals surface area contributed by atoms with Gasteiger partial charge in [0.15, 0.2) is 0 Å². The number of aryl methyl sites for hydroxylation is 1. The number of anilines is 2. The van der Waals surface area contributed by atoms with Crippen LogP contribution in [-0.4, -0.2) is 23.5 Å². The van der Waals surface area contributed by atoms with E-state index in [1.807, 2.05) is 50.4 Å². The van der Waals surface area contributed by atoms with E-state index in [0.717, 1.165) is 16.9 Å². The Morgan fingerprint density at radius 3 is 2.62 bits per heavy atom. The van der Waals surface area contributed by atoms with Crippen LogP contribution in [0.2, 0.25) is 0 Å². The second-order valence-corrected chi connectivity index (χ2v) is 7.18. The molecule has 26 heavy (non-hydrogen) atoms. The summed E-state index contributed by atoms with van der Waals surface area (Å²) in [5.41, 5.74) is 3.66. The molecule has 1 N–H and O–H groups in total. The summed E-state index contributed by atoms with van der Waals surface area (Å²) in [7, 11) is 0. The Morgan fingerprint density at radius 1 is 1.15 bits per heavy atom. The molecule has 1 aliphatic carbocycles. The lowest BCUT2D eigenvalue weighted by Crippen LogP contribution is -2.31. The third kappa shape index (κ3) is 4.63. The summed E-state index contributed by atoms with van der Waals surface area (Å²) in [5.74, 6) is -0.00452. The average Bonchev–Trinajstić information content (AvgIpc) is 2.91. The lowest BCUT2D eigenvalue weighted by Gasteiger charge is -2.22. The maximum absolute atomic E-state index is 13.0. The molecular formula is C22H29N3O. The van der Waals surface area contributed by atoms with Crippen LogP contribution in [0.4, 0.5) is 11.4 Å². The molecule has 2 aromatic rings. The lowest BCUT2D eigenvalue weighted by molar-refractivity contribution is 0.0988. The van der Waals surface area contributed by atoms with Crippen LogP contribution in [0.15, 0.2) is 42.7 Å². The summed E-state index contributed by atoms with van der Waals surface area (Å²) >= 11 is 0. The van der Waals surface area contributed by atoms with Crippen molar-refractivity contribution in [1.29, 1.82) is 0 Å². The number of nitrogens with zero attached hydrogens (tertiary/aromatic N) is 2. The maximum atomic E-state index is 13.0. The van der Waals surface area contributed by atoms with Crippen LogP contribution in [0.3, 0.4) is 0 Å². The van der Waals surface area contributed by atoms with Crippen molar-refractivity contribution in [3.05, 3.63) is 53.9 Å². The normalized spacial score (nSPS) is 15.3. The molecule has 0 aliphatic heterocycles. The van der Waals surface area contributed by atoms with Crippen LogP contribution >= 0.6 is 0 Å². The number of hydrogen-bond donors (Lipinski definition) is 1. The second-order valence-electron chi connectivity index (χ2n) is 7.18. The molecule has 0 radical (unpaired) electrons. The Balaban J connectivity index is 1.76. The molecule has 1 aromatic carbocycles. The topological polar surface area (TPSA) is 45.2 Å². The standard InChI is InChI=1S/C22H29N3O/c1-3-25(21-12-8-9-17(2)13-21)22(26)18-14-20(16-23-15-18)24-19-10-6-4-5-7-11-19/h8-9,12-16,19,24H,3-7,10-11H2,1-2H3. The van der Waals surface area contributed by atoms with E-state index < -0.39 is 0 Å². The fourth-order valence-corrected chi connectivity index (χ4v) is 3.69. The van der Waals surface area contributed by atoms with Crippen LogP contribution in [0.25, 0.3) is 0 Å². The number of pyridine rings is 1. The van der Waals surface area contributed by atoms with Crippen LogP contribution in [0, 0.1) is 6.92 Å². The van der Waals surface area contributed by atoms with Crippen LogP contribution in [-0.2, 0) is 0 Å². The van der Waals surface area contributed by atoms with E-state index in [-0.39, 0.29) is 5.91 Å². The minimum absolute atomic E-state index is 0.00452. The number of hydrogen-bond acceptors (Lipinski definition) is 3. The fourth-order valence-electron chi connectivity index (χ4n) is 3.69. The van der Waals surface area contributed by atoms with Crippen molar-refractivity contribution in [2.75, 3.05) is 16.8 Å². The highest BCUT2D eigenvalue weighted by atomic mass is 16.2. The van der Waals surface area contributed by atoms with E-state index >= 15 is 0 Å². The van der Waals surface area contributed by atoms with Gasteiger partial charge in [0.2, 0.25) is 0 Å². The lowest BCUT2D eigenvalue weighted by atomic mass is 10.1. The summed E-state index contributed by atoms with van der Waals surface area (Å²) in [4.78, 5) is 19.2. The van der Waals surface area contributed by atoms with Crippen LogP contribution in [0.1, 0.15) is 61.4 Å². The summed E-state index contributed by atoms with van der Waals surface area (Å²) in [6.45, 7) is 4.67. The molecule has 1 aromatic heterocycles. The highest BCUT2D eigenvalue weighted by molar-refractivity contribution is 6.06. The SMILES string of the molecule is CCN(C(=O)c1cncc(NC2CCCCCC2)c1)c1cccc(C)c1. The van der Waals surface area contributed by atoms with Gasteiger partial charge < -0.3 is 10.2 Å². The maximum Gasteiger partial charge on any atom is 0.259 e. The van der Waals surface area contributed by atoms with Crippen LogP contribution < -0.4 is 10.2 Å². The van der Waals surface area contributed by atoms with Crippen molar-refractivity contribution in [3.63, 3.8) is 0 Å². The van der Waals surface area contributed by atoms with Crippen molar-refractivity contribution in [2.45, 2.75) is 58.4 Å². The molecule has 1 fully saturated rings. The van der Waals surface area contributed by atoms with E-state index in [2.05, 4.69) is 10.3 Å². The number of carbonyl (C=O) groups excluding carboxylic acids is 1. The smallest absolute Gasteiger partial charge is 0.259 e. The monoisotopic (exact) mass is 351 g/mol. The molecular weight excluding hydrogens is 322 g/mol. The van der Waals surface area contributed by atoms with Crippen molar-refractivity contribution in [2.24, 2.45) is 0 Å². The van der Waals surface area contributed by atoms with Gasteiger partial charge in [-0.2, -0.15) is 0 Å². The fraction of sp³-hybridized carbons (Fsp3) is 0.455. The largest absolute Gasteiger partial charge is 0.381 e. The van der Waals surface area contributed by atoms with Crippen molar-refractivity contribution in [3.8, 4) is 0 Å². The molecule has 1 saturated carbocycles. The summed E-state index contributed by atoms with van der Waals surface area (Å²) < 4.78 is 0. The summed E-state index contributed by atoms with van der Waals surface area (Å²) in [5, 5.41) is 3.59. The van der Waals surface area contributed by atoms with Crippen molar-refractivity contribution >= 4 is 17.3 Å². The predicted molar refractivity (Wildman–Crippen MR) is 108 cm³/mol. The molecule has 0 unspecified atom stereocenters. The molecule has 0 saturated heterocycles. The van der Waals surface area contributed by atoms with Gasteiger partial charge in [-0.3, -0.25) is 9.78 Å². The molecule has 1 amide bonds. The van der Waals surface area contributed by atoms with Gasteiger partial charge in [-0.1, -0.05) is 37.8 Å². The molecule has 3 rings (SSSR count). The van der Waals surface area contributed by atoms with Gasteiger partial charge in [0.1, 0.15) is 0 Å². The number of amides is 1. The summed E-state index contributed by atoms with van der Waals surface area (Å²) in [6, 6.07) is 10.5. The molecule has 138 valence electrons. The molecule has 0 bridgehead atoms. The zero-order chi connectivity index (χ0) is 18.4. The highest BCUT2D eigenvalue weighted by Gasteiger charge is 2.18. The first-order chi connectivity index (χ1) is 12.7. The Bertz CT molecular complexity index is 736. The minimum atomic E-state index is -0.00452. The van der Waals surface area contributed by atoms with Gasteiger partial charge in [-0.05, 0) is 50.5 Å². The summed E-state index contributed by atoms with van der Waals surface area (Å²) in [6.07, 6.45) is 11.1. The number of carbonyl (C=O) groups is 1. The van der Waals surface area contributed by atoms with Crippen LogP contribution in [0.5, 0.6) is 0 Å². The van der Waals surface area contributed by atoms with Gasteiger partial charge in [-0.25, -0.2) is 0 Å². The number of rotatable bonds is 5.